The maximum absolute atomic E-state index is 13.6. The molecule has 0 spiro atoms. The molecule has 17 heavy (non-hydrogen) atoms. The van der Waals surface area contributed by atoms with Crippen LogP contribution in [0.4, 0.5) is 10.1 Å². The molecule has 0 bridgehead atoms. The van der Waals surface area contributed by atoms with E-state index in [2.05, 4.69) is 10.1 Å². The van der Waals surface area contributed by atoms with E-state index >= 15 is 0 Å². The van der Waals surface area contributed by atoms with Gasteiger partial charge in [-0.05, 0) is 12.1 Å². The lowest BCUT2D eigenvalue weighted by atomic mass is 10.2. The Morgan fingerprint density at radius 1 is 1.41 bits per heavy atom. The molecular formula is C12H11FN4. The van der Waals surface area contributed by atoms with Crippen LogP contribution in [0, 0.1) is 5.82 Å². The maximum Gasteiger partial charge on any atom is 0.147 e. The molecule has 3 N–H and O–H groups in total. The predicted octanol–water partition coefficient (Wildman–Crippen LogP) is 2.29. The lowest BCUT2D eigenvalue weighted by Gasteiger charge is -1.99. The minimum absolute atomic E-state index is 0.269. The van der Waals surface area contributed by atoms with Crippen molar-refractivity contribution in [1.29, 1.82) is 0 Å². The van der Waals surface area contributed by atoms with Gasteiger partial charge in [-0.25, -0.2) is 4.39 Å². The topological polar surface area (TPSA) is 59.6 Å². The molecule has 0 aliphatic carbocycles. The third-order valence-electron chi connectivity index (χ3n) is 2.83. The van der Waals surface area contributed by atoms with Crippen LogP contribution in [0.2, 0.25) is 0 Å². The third kappa shape index (κ3) is 1.39. The average molecular weight is 230 g/mol. The maximum atomic E-state index is 13.6. The summed E-state index contributed by atoms with van der Waals surface area (Å²) in [6.45, 7) is 0. The van der Waals surface area contributed by atoms with E-state index in [-0.39, 0.29) is 5.82 Å². The van der Waals surface area contributed by atoms with Gasteiger partial charge in [-0.1, -0.05) is 12.1 Å². The molecule has 0 atom stereocenters. The molecule has 1 aromatic carbocycles. The fraction of sp³-hybridized carbons (Fsp3) is 0.0833. The second-order valence-corrected chi connectivity index (χ2v) is 3.96. The SMILES string of the molecule is Cn1ncc(N)c1-c1cc2cccc(F)c2[nH]1. The van der Waals surface area contributed by atoms with Crippen molar-refractivity contribution in [1.82, 2.24) is 14.8 Å². The second-order valence-electron chi connectivity index (χ2n) is 3.96. The van der Waals surface area contributed by atoms with Crippen LogP contribution in [-0.4, -0.2) is 14.8 Å². The lowest BCUT2D eigenvalue weighted by molar-refractivity contribution is 0.637. The number of aromatic nitrogens is 3. The number of aryl methyl sites for hydroxylation is 1. The highest BCUT2D eigenvalue weighted by molar-refractivity contribution is 5.87. The van der Waals surface area contributed by atoms with Crippen LogP contribution in [0.15, 0.2) is 30.5 Å². The van der Waals surface area contributed by atoms with Crippen LogP contribution in [-0.2, 0) is 7.05 Å². The van der Waals surface area contributed by atoms with Crippen molar-refractivity contribution in [3.05, 3.63) is 36.3 Å². The molecule has 0 fully saturated rings. The number of benzene rings is 1. The van der Waals surface area contributed by atoms with Gasteiger partial charge in [0.1, 0.15) is 11.5 Å². The highest BCUT2D eigenvalue weighted by Gasteiger charge is 2.12. The molecule has 3 rings (SSSR count). The smallest absolute Gasteiger partial charge is 0.147 e. The average Bonchev–Trinajstić information content (AvgIpc) is 2.84. The number of anilines is 1. The Morgan fingerprint density at radius 2 is 2.24 bits per heavy atom. The number of nitrogens with two attached hydrogens (primary N) is 1. The Bertz CT molecular complexity index is 676. The van der Waals surface area contributed by atoms with Gasteiger partial charge in [-0.2, -0.15) is 5.10 Å². The van der Waals surface area contributed by atoms with E-state index in [1.807, 2.05) is 12.1 Å². The summed E-state index contributed by atoms with van der Waals surface area (Å²) in [5.74, 6) is -0.269. The highest BCUT2D eigenvalue weighted by atomic mass is 19.1. The van der Waals surface area contributed by atoms with E-state index < -0.39 is 0 Å². The zero-order valence-electron chi connectivity index (χ0n) is 9.24. The standard InChI is InChI=1S/C12H11FN4/c1-17-12(9(14)6-15-17)10-5-7-3-2-4-8(13)11(7)16-10/h2-6,16H,14H2,1H3. The number of nitrogens with one attached hydrogen (secondary N) is 1. The fourth-order valence-corrected chi connectivity index (χ4v) is 2.03. The Hall–Kier alpha value is -2.30. The van der Waals surface area contributed by atoms with E-state index in [1.54, 1.807) is 24.0 Å². The van der Waals surface area contributed by atoms with Crippen molar-refractivity contribution in [2.24, 2.45) is 7.05 Å². The first-order valence-electron chi connectivity index (χ1n) is 5.22. The first kappa shape index (κ1) is 9.89. The number of aromatic amines is 1. The molecule has 0 radical (unpaired) electrons. The lowest BCUT2D eigenvalue weighted by Crippen LogP contribution is -1.95. The van der Waals surface area contributed by atoms with Gasteiger partial charge in [-0.3, -0.25) is 4.68 Å². The monoisotopic (exact) mass is 230 g/mol. The number of hydrogen-bond acceptors (Lipinski definition) is 2. The summed E-state index contributed by atoms with van der Waals surface area (Å²) < 4.78 is 15.2. The van der Waals surface area contributed by atoms with Crippen molar-refractivity contribution in [2.45, 2.75) is 0 Å². The molecule has 0 amide bonds. The number of fused-ring (bicyclic) bond motifs is 1. The van der Waals surface area contributed by atoms with E-state index in [1.165, 1.54) is 6.07 Å². The molecule has 4 nitrogen and oxygen atoms in total. The molecule has 2 heterocycles. The van der Waals surface area contributed by atoms with Gasteiger partial charge in [0.25, 0.3) is 0 Å². The van der Waals surface area contributed by atoms with Gasteiger partial charge < -0.3 is 10.7 Å². The van der Waals surface area contributed by atoms with Crippen molar-refractivity contribution in [2.75, 3.05) is 5.73 Å². The molecule has 2 aromatic heterocycles. The quantitative estimate of drug-likeness (QED) is 0.673. The normalized spacial score (nSPS) is 11.2. The molecule has 5 heteroatoms. The minimum atomic E-state index is -0.269. The van der Waals surface area contributed by atoms with Crippen LogP contribution in [0.3, 0.4) is 0 Å². The number of halogens is 1. The predicted molar refractivity (Wildman–Crippen MR) is 64.9 cm³/mol. The van der Waals surface area contributed by atoms with Gasteiger partial charge in [0.2, 0.25) is 0 Å². The van der Waals surface area contributed by atoms with E-state index in [0.29, 0.717) is 11.2 Å². The van der Waals surface area contributed by atoms with Crippen molar-refractivity contribution < 1.29 is 4.39 Å². The Morgan fingerprint density at radius 3 is 2.88 bits per heavy atom. The summed E-state index contributed by atoms with van der Waals surface area (Å²) >= 11 is 0. The van der Waals surface area contributed by atoms with Gasteiger partial charge in [0, 0.05) is 12.4 Å². The molecule has 0 aliphatic rings. The summed E-state index contributed by atoms with van der Waals surface area (Å²) in [4.78, 5) is 3.03. The Kier molecular flexibility index (Phi) is 1.95. The number of nitrogens with zero attached hydrogens (tertiary/aromatic N) is 2. The molecule has 0 unspecified atom stereocenters. The molecule has 86 valence electrons. The highest BCUT2D eigenvalue weighted by Crippen LogP contribution is 2.28. The fourth-order valence-electron chi connectivity index (χ4n) is 2.03. The van der Waals surface area contributed by atoms with Crippen molar-refractivity contribution in [3.63, 3.8) is 0 Å². The second kappa shape index (κ2) is 3.35. The number of hydrogen-bond donors (Lipinski definition) is 2. The number of rotatable bonds is 1. The van der Waals surface area contributed by atoms with Gasteiger partial charge in [0.15, 0.2) is 0 Å². The van der Waals surface area contributed by atoms with Crippen LogP contribution in [0.25, 0.3) is 22.3 Å². The Balaban J connectivity index is 2.29. The van der Waals surface area contributed by atoms with Crippen LogP contribution in [0.5, 0.6) is 0 Å². The zero-order chi connectivity index (χ0) is 12.0. The van der Waals surface area contributed by atoms with Crippen molar-refractivity contribution >= 4 is 16.6 Å². The number of para-hydroxylation sites is 1. The largest absolute Gasteiger partial charge is 0.396 e. The molecule has 3 aromatic rings. The molecule has 0 saturated carbocycles. The number of nitrogen functional groups attached to an aromatic ring is 1. The van der Waals surface area contributed by atoms with E-state index in [4.69, 9.17) is 5.73 Å². The van der Waals surface area contributed by atoms with Crippen molar-refractivity contribution in [3.8, 4) is 11.4 Å². The Labute approximate surface area is 96.9 Å². The summed E-state index contributed by atoms with van der Waals surface area (Å²) in [6.07, 6.45) is 1.58. The van der Waals surface area contributed by atoms with Crippen LogP contribution >= 0.6 is 0 Å². The first-order valence-corrected chi connectivity index (χ1v) is 5.22. The van der Waals surface area contributed by atoms with Crippen LogP contribution < -0.4 is 5.73 Å². The summed E-state index contributed by atoms with van der Waals surface area (Å²) in [7, 11) is 1.80. The summed E-state index contributed by atoms with van der Waals surface area (Å²) in [5.41, 5.74) is 8.42. The first-order chi connectivity index (χ1) is 8.16. The van der Waals surface area contributed by atoms with E-state index in [0.717, 1.165) is 16.8 Å². The minimum Gasteiger partial charge on any atom is -0.396 e. The molecular weight excluding hydrogens is 219 g/mol. The van der Waals surface area contributed by atoms with Gasteiger partial charge >= 0.3 is 0 Å². The van der Waals surface area contributed by atoms with E-state index in [9.17, 15) is 4.39 Å². The van der Waals surface area contributed by atoms with Gasteiger partial charge in [0.05, 0.1) is 23.1 Å². The summed E-state index contributed by atoms with van der Waals surface area (Å²) in [6, 6.07) is 6.83. The zero-order valence-corrected chi connectivity index (χ0v) is 9.24. The molecule has 0 saturated heterocycles. The molecule has 0 aliphatic heterocycles. The third-order valence-corrected chi connectivity index (χ3v) is 2.83. The number of H-pyrrole nitrogens is 1. The summed E-state index contributed by atoms with van der Waals surface area (Å²) in [5, 5.41) is 4.88. The van der Waals surface area contributed by atoms with Gasteiger partial charge in [-0.15, -0.1) is 0 Å². The van der Waals surface area contributed by atoms with Crippen LogP contribution in [0.1, 0.15) is 0 Å².